The minimum Gasteiger partial charge on any atom is -0.509 e. The van der Waals surface area contributed by atoms with Crippen molar-refractivity contribution in [2.75, 3.05) is 7.11 Å². The molecule has 4 heteroatoms. The van der Waals surface area contributed by atoms with Gasteiger partial charge < -0.3 is 14.9 Å². The van der Waals surface area contributed by atoms with Gasteiger partial charge in [0.1, 0.15) is 5.76 Å². The van der Waals surface area contributed by atoms with Crippen molar-refractivity contribution >= 4 is 5.97 Å². The third-order valence-electron chi connectivity index (χ3n) is 1.20. The van der Waals surface area contributed by atoms with Crippen molar-refractivity contribution in [3.8, 4) is 0 Å². The van der Waals surface area contributed by atoms with E-state index in [1.54, 1.807) is 13.8 Å². The Kier molecular flexibility index (Phi) is 3.60. The minimum absolute atomic E-state index is 0.350. The van der Waals surface area contributed by atoms with Gasteiger partial charge in [-0.15, -0.1) is 0 Å². The predicted molar refractivity (Wildman–Crippen MR) is 39.0 cm³/mol. The molecule has 4 nitrogen and oxygen atoms in total. The topological polar surface area (TPSA) is 66.8 Å². The molecule has 0 bridgehead atoms. The molecule has 0 aromatic rings. The van der Waals surface area contributed by atoms with Crippen molar-refractivity contribution in [2.45, 2.75) is 20.0 Å². The number of aliphatic hydroxyl groups excluding tert-OH is 2. The molecule has 0 amide bonds. The Hall–Kier alpha value is -1.03. The van der Waals surface area contributed by atoms with Crippen molar-refractivity contribution in [2.24, 2.45) is 0 Å². The summed E-state index contributed by atoms with van der Waals surface area (Å²) >= 11 is 0. The fourth-order valence-electron chi connectivity index (χ4n) is 0.497. The number of allylic oxidation sites excluding steroid dienone is 1. The fourth-order valence-corrected chi connectivity index (χ4v) is 0.497. The van der Waals surface area contributed by atoms with E-state index in [4.69, 9.17) is 10.2 Å². The molecule has 11 heavy (non-hydrogen) atoms. The lowest BCUT2D eigenvalue weighted by atomic mass is 10.2. The molecule has 1 unspecified atom stereocenters. The smallest absolute Gasteiger partial charge is 0.342 e. The second kappa shape index (κ2) is 3.98. The van der Waals surface area contributed by atoms with Gasteiger partial charge in [-0.1, -0.05) is 0 Å². The molecule has 0 aliphatic rings. The van der Waals surface area contributed by atoms with E-state index in [-0.39, 0.29) is 5.76 Å². The van der Waals surface area contributed by atoms with Crippen LogP contribution in [0.5, 0.6) is 0 Å². The standard InChI is InChI=1S/C7H12O4/c1-4(2)5(8)6(9)7(10)11-3/h6,8-9H,1-3H3. The first-order valence-corrected chi connectivity index (χ1v) is 3.13. The summed E-state index contributed by atoms with van der Waals surface area (Å²) in [6, 6.07) is 0. The zero-order chi connectivity index (χ0) is 9.02. The molecule has 0 rings (SSSR count). The SMILES string of the molecule is COC(=O)C(O)C(O)=C(C)C. The third-order valence-corrected chi connectivity index (χ3v) is 1.20. The van der Waals surface area contributed by atoms with E-state index in [2.05, 4.69) is 4.74 Å². The van der Waals surface area contributed by atoms with Crippen molar-refractivity contribution in [3.63, 3.8) is 0 Å². The summed E-state index contributed by atoms with van der Waals surface area (Å²) in [7, 11) is 1.14. The molecule has 0 radical (unpaired) electrons. The lowest BCUT2D eigenvalue weighted by molar-refractivity contribution is -0.149. The lowest BCUT2D eigenvalue weighted by Gasteiger charge is -2.08. The third kappa shape index (κ3) is 2.59. The highest BCUT2D eigenvalue weighted by Crippen LogP contribution is 2.05. The van der Waals surface area contributed by atoms with E-state index in [1.165, 1.54) is 0 Å². The maximum atomic E-state index is 10.6. The summed E-state index contributed by atoms with van der Waals surface area (Å²) in [5.41, 5.74) is 0.489. The van der Waals surface area contributed by atoms with Gasteiger partial charge in [0.15, 0.2) is 0 Å². The van der Waals surface area contributed by atoms with Crippen LogP contribution in [0.4, 0.5) is 0 Å². The van der Waals surface area contributed by atoms with Gasteiger partial charge in [0.05, 0.1) is 7.11 Å². The van der Waals surface area contributed by atoms with Crippen LogP contribution in [0.15, 0.2) is 11.3 Å². The van der Waals surface area contributed by atoms with Crippen LogP contribution in [0, 0.1) is 0 Å². The van der Waals surface area contributed by atoms with Gasteiger partial charge in [-0.25, -0.2) is 4.79 Å². The molecule has 0 aliphatic heterocycles. The van der Waals surface area contributed by atoms with Gasteiger partial charge in [0.25, 0.3) is 0 Å². The molecular weight excluding hydrogens is 148 g/mol. The van der Waals surface area contributed by atoms with Gasteiger partial charge in [-0.2, -0.15) is 0 Å². The molecule has 0 fully saturated rings. The average molecular weight is 160 g/mol. The Morgan fingerprint density at radius 1 is 1.45 bits per heavy atom. The second-order valence-electron chi connectivity index (χ2n) is 2.31. The molecule has 0 aliphatic carbocycles. The molecule has 0 saturated carbocycles. The quantitative estimate of drug-likeness (QED) is 0.452. The van der Waals surface area contributed by atoms with Crippen LogP contribution in [0.25, 0.3) is 0 Å². The minimum atomic E-state index is -1.55. The Bertz CT molecular complexity index is 179. The molecule has 0 spiro atoms. The van der Waals surface area contributed by atoms with E-state index >= 15 is 0 Å². The summed E-state index contributed by atoms with van der Waals surface area (Å²) in [5, 5.41) is 18.0. The molecule has 1 atom stereocenters. The summed E-state index contributed by atoms with van der Waals surface area (Å²) in [6.07, 6.45) is -1.55. The first kappa shape index (κ1) is 9.97. The van der Waals surface area contributed by atoms with Crippen molar-refractivity contribution < 1.29 is 19.7 Å². The highest BCUT2D eigenvalue weighted by Gasteiger charge is 2.20. The first-order valence-electron chi connectivity index (χ1n) is 3.13. The monoisotopic (exact) mass is 160 g/mol. The van der Waals surface area contributed by atoms with Crippen molar-refractivity contribution in [1.29, 1.82) is 0 Å². The van der Waals surface area contributed by atoms with Gasteiger partial charge >= 0.3 is 5.97 Å². The number of aliphatic hydroxyl groups is 2. The van der Waals surface area contributed by atoms with Gasteiger partial charge in [0.2, 0.25) is 6.10 Å². The van der Waals surface area contributed by atoms with E-state index in [0.717, 1.165) is 7.11 Å². The number of esters is 1. The molecule has 0 aromatic heterocycles. The average Bonchev–Trinajstić information content (AvgIpc) is 2.00. The molecule has 2 N–H and O–H groups in total. The Balaban J connectivity index is 4.37. The van der Waals surface area contributed by atoms with Gasteiger partial charge in [-0.3, -0.25) is 0 Å². The zero-order valence-electron chi connectivity index (χ0n) is 6.79. The number of carbonyl (C=O) groups excluding carboxylic acids is 1. The Morgan fingerprint density at radius 2 is 1.91 bits per heavy atom. The Morgan fingerprint density at radius 3 is 2.18 bits per heavy atom. The van der Waals surface area contributed by atoms with E-state index < -0.39 is 12.1 Å². The van der Waals surface area contributed by atoms with Crippen LogP contribution in [-0.2, 0) is 9.53 Å². The van der Waals surface area contributed by atoms with Crippen molar-refractivity contribution in [3.05, 3.63) is 11.3 Å². The van der Waals surface area contributed by atoms with Crippen LogP contribution >= 0.6 is 0 Å². The fraction of sp³-hybridized carbons (Fsp3) is 0.571. The maximum absolute atomic E-state index is 10.6. The van der Waals surface area contributed by atoms with Gasteiger partial charge in [0, 0.05) is 0 Å². The van der Waals surface area contributed by atoms with E-state index in [1.807, 2.05) is 0 Å². The maximum Gasteiger partial charge on any atom is 0.342 e. The summed E-state index contributed by atoms with van der Waals surface area (Å²) in [4.78, 5) is 10.6. The normalized spacial score (nSPS) is 12.0. The Labute approximate surface area is 65.1 Å². The second-order valence-corrected chi connectivity index (χ2v) is 2.31. The number of hydrogen-bond donors (Lipinski definition) is 2. The molecule has 0 saturated heterocycles. The largest absolute Gasteiger partial charge is 0.509 e. The first-order chi connectivity index (χ1) is 5.00. The van der Waals surface area contributed by atoms with Crippen LogP contribution in [-0.4, -0.2) is 29.4 Å². The lowest BCUT2D eigenvalue weighted by Crippen LogP contribution is -2.24. The highest BCUT2D eigenvalue weighted by molar-refractivity contribution is 5.77. The van der Waals surface area contributed by atoms with Crippen LogP contribution in [0.1, 0.15) is 13.8 Å². The van der Waals surface area contributed by atoms with E-state index in [9.17, 15) is 4.79 Å². The number of rotatable bonds is 2. The molecule has 0 aromatic carbocycles. The molecule has 0 heterocycles. The summed E-state index contributed by atoms with van der Waals surface area (Å²) in [6.45, 7) is 3.17. The number of methoxy groups -OCH3 is 1. The number of carbonyl (C=O) groups is 1. The number of ether oxygens (including phenoxy) is 1. The highest BCUT2D eigenvalue weighted by atomic mass is 16.5. The predicted octanol–water partition coefficient (Wildman–Crippen LogP) is 0.372. The zero-order valence-corrected chi connectivity index (χ0v) is 6.79. The van der Waals surface area contributed by atoms with E-state index in [0.29, 0.717) is 5.57 Å². The van der Waals surface area contributed by atoms with Crippen molar-refractivity contribution in [1.82, 2.24) is 0 Å². The summed E-state index contributed by atoms with van der Waals surface area (Å²) in [5.74, 6) is -1.21. The van der Waals surface area contributed by atoms with Crippen LogP contribution in [0.3, 0.4) is 0 Å². The van der Waals surface area contributed by atoms with Crippen LogP contribution in [0.2, 0.25) is 0 Å². The van der Waals surface area contributed by atoms with Crippen LogP contribution < -0.4 is 0 Å². The molecule has 64 valence electrons. The van der Waals surface area contributed by atoms with Gasteiger partial charge in [-0.05, 0) is 19.4 Å². The number of hydrogen-bond acceptors (Lipinski definition) is 4. The molecular formula is C7H12O4. The summed E-state index contributed by atoms with van der Waals surface area (Å²) < 4.78 is 4.20.